The first kappa shape index (κ1) is 11.9. The molecule has 4 nitrogen and oxygen atoms in total. The maximum Gasteiger partial charge on any atom is 0.224 e. The molecule has 2 aliphatic rings. The number of nitrogens with one attached hydrogen (secondary N) is 1. The van der Waals surface area contributed by atoms with Gasteiger partial charge in [-0.2, -0.15) is 0 Å². The van der Waals surface area contributed by atoms with Gasteiger partial charge in [0.05, 0.1) is 12.0 Å². The Morgan fingerprint density at radius 3 is 2.62 bits per heavy atom. The summed E-state index contributed by atoms with van der Waals surface area (Å²) in [7, 11) is 0. The van der Waals surface area contributed by atoms with Gasteiger partial charge in [0.25, 0.3) is 0 Å². The zero-order chi connectivity index (χ0) is 11.5. The zero-order valence-electron chi connectivity index (χ0n) is 9.69. The number of nitrogens with two attached hydrogens (primary N) is 1. The summed E-state index contributed by atoms with van der Waals surface area (Å²) in [5.41, 5.74) is 5.95. The fraction of sp³-hybridized carbons (Fsp3) is 0.917. The summed E-state index contributed by atoms with van der Waals surface area (Å²) in [5, 5.41) is 12.1. The summed E-state index contributed by atoms with van der Waals surface area (Å²) < 4.78 is 0. The van der Waals surface area contributed by atoms with E-state index in [9.17, 15) is 4.79 Å². The molecule has 2 aliphatic carbocycles. The van der Waals surface area contributed by atoms with Crippen molar-refractivity contribution in [3.63, 3.8) is 0 Å². The number of carbonyl (C=O) groups is 1. The van der Waals surface area contributed by atoms with Crippen molar-refractivity contribution in [2.45, 2.75) is 50.7 Å². The lowest BCUT2D eigenvalue weighted by atomic mass is 9.81. The normalized spacial score (nSPS) is 38.9. The first-order valence-electron chi connectivity index (χ1n) is 6.38. The Morgan fingerprint density at radius 1 is 1.31 bits per heavy atom. The molecule has 92 valence electrons. The van der Waals surface area contributed by atoms with E-state index in [0.717, 1.165) is 38.5 Å². The van der Waals surface area contributed by atoms with Gasteiger partial charge in [-0.05, 0) is 31.6 Å². The van der Waals surface area contributed by atoms with Gasteiger partial charge in [0.15, 0.2) is 0 Å². The SMILES string of the molecule is NC1CCCCC1C(=O)NCC1CC(O)C1. The average Bonchev–Trinajstić information content (AvgIpc) is 2.23. The van der Waals surface area contributed by atoms with Crippen LogP contribution in [-0.4, -0.2) is 29.7 Å². The molecule has 2 atom stereocenters. The molecule has 4 heteroatoms. The molecule has 0 aromatic carbocycles. The van der Waals surface area contributed by atoms with Crippen LogP contribution in [0.5, 0.6) is 0 Å². The molecule has 0 bridgehead atoms. The molecule has 16 heavy (non-hydrogen) atoms. The molecule has 1 amide bonds. The van der Waals surface area contributed by atoms with Crippen LogP contribution in [0, 0.1) is 11.8 Å². The zero-order valence-corrected chi connectivity index (χ0v) is 9.69. The molecule has 0 radical (unpaired) electrons. The predicted octanol–water partition coefficient (Wildman–Crippen LogP) is 0.391. The Morgan fingerprint density at radius 2 is 2.00 bits per heavy atom. The Balaban J connectivity index is 1.70. The quantitative estimate of drug-likeness (QED) is 0.651. The van der Waals surface area contributed by atoms with Gasteiger partial charge in [0.1, 0.15) is 0 Å². The number of aliphatic hydroxyl groups is 1. The number of hydrogen-bond donors (Lipinski definition) is 3. The molecule has 2 unspecified atom stereocenters. The van der Waals surface area contributed by atoms with Gasteiger partial charge < -0.3 is 16.2 Å². The third kappa shape index (κ3) is 2.74. The van der Waals surface area contributed by atoms with E-state index in [2.05, 4.69) is 5.32 Å². The van der Waals surface area contributed by atoms with E-state index in [1.165, 1.54) is 0 Å². The van der Waals surface area contributed by atoms with Gasteiger partial charge in [0, 0.05) is 12.6 Å². The van der Waals surface area contributed by atoms with E-state index in [-0.39, 0.29) is 24.0 Å². The molecule has 0 saturated heterocycles. The van der Waals surface area contributed by atoms with Crippen LogP contribution in [0.25, 0.3) is 0 Å². The van der Waals surface area contributed by atoms with Crippen molar-refractivity contribution in [2.75, 3.05) is 6.54 Å². The largest absolute Gasteiger partial charge is 0.393 e. The number of hydrogen-bond acceptors (Lipinski definition) is 3. The van der Waals surface area contributed by atoms with Crippen LogP contribution in [0.2, 0.25) is 0 Å². The van der Waals surface area contributed by atoms with Crippen LogP contribution in [0.1, 0.15) is 38.5 Å². The van der Waals surface area contributed by atoms with E-state index in [1.807, 2.05) is 0 Å². The molecular weight excluding hydrogens is 204 g/mol. The second-order valence-electron chi connectivity index (χ2n) is 5.29. The molecule has 0 aromatic rings. The highest BCUT2D eigenvalue weighted by atomic mass is 16.3. The smallest absolute Gasteiger partial charge is 0.224 e. The number of rotatable bonds is 3. The second-order valence-corrected chi connectivity index (χ2v) is 5.29. The molecular formula is C12H22N2O2. The highest BCUT2D eigenvalue weighted by molar-refractivity contribution is 5.79. The lowest BCUT2D eigenvalue weighted by molar-refractivity contribution is -0.127. The molecule has 2 rings (SSSR count). The average molecular weight is 226 g/mol. The summed E-state index contributed by atoms with van der Waals surface area (Å²) >= 11 is 0. The summed E-state index contributed by atoms with van der Waals surface area (Å²) in [6.07, 6.45) is 5.70. The van der Waals surface area contributed by atoms with Crippen LogP contribution in [-0.2, 0) is 4.79 Å². The molecule has 0 spiro atoms. The highest BCUT2D eigenvalue weighted by Crippen LogP contribution is 2.27. The van der Waals surface area contributed by atoms with E-state index in [4.69, 9.17) is 10.8 Å². The van der Waals surface area contributed by atoms with E-state index in [1.54, 1.807) is 0 Å². The molecule has 0 aromatic heterocycles. The summed E-state index contributed by atoms with van der Waals surface area (Å²) in [6.45, 7) is 0.707. The Kier molecular flexibility index (Phi) is 3.82. The molecule has 0 heterocycles. The number of carbonyl (C=O) groups excluding carboxylic acids is 1. The van der Waals surface area contributed by atoms with Gasteiger partial charge in [-0.3, -0.25) is 4.79 Å². The summed E-state index contributed by atoms with van der Waals surface area (Å²) in [4.78, 5) is 11.9. The van der Waals surface area contributed by atoms with Crippen molar-refractivity contribution in [2.24, 2.45) is 17.6 Å². The van der Waals surface area contributed by atoms with E-state index in [0.29, 0.717) is 12.5 Å². The summed E-state index contributed by atoms with van der Waals surface area (Å²) in [6, 6.07) is 0.0423. The van der Waals surface area contributed by atoms with Crippen molar-refractivity contribution in [3.05, 3.63) is 0 Å². The van der Waals surface area contributed by atoms with Gasteiger partial charge >= 0.3 is 0 Å². The fourth-order valence-electron chi connectivity index (χ4n) is 2.73. The van der Waals surface area contributed by atoms with E-state index < -0.39 is 0 Å². The molecule has 2 saturated carbocycles. The third-order valence-corrected chi connectivity index (χ3v) is 3.93. The monoisotopic (exact) mass is 226 g/mol. The number of aliphatic hydroxyl groups excluding tert-OH is 1. The maximum absolute atomic E-state index is 11.9. The molecule has 4 N–H and O–H groups in total. The van der Waals surface area contributed by atoms with Gasteiger partial charge in [0.2, 0.25) is 5.91 Å². The topological polar surface area (TPSA) is 75.4 Å². The number of amides is 1. The lowest BCUT2D eigenvalue weighted by Gasteiger charge is -2.33. The summed E-state index contributed by atoms with van der Waals surface area (Å²) in [5.74, 6) is 0.603. The first-order valence-corrected chi connectivity index (χ1v) is 6.38. The predicted molar refractivity (Wildman–Crippen MR) is 61.7 cm³/mol. The van der Waals surface area contributed by atoms with Gasteiger partial charge in [-0.1, -0.05) is 12.8 Å². The fourth-order valence-corrected chi connectivity index (χ4v) is 2.73. The Bertz CT molecular complexity index is 251. The van der Waals surface area contributed by atoms with Crippen molar-refractivity contribution >= 4 is 5.91 Å². The molecule has 2 fully saturated rings. The van der Waals surface area contributed by atoms with E-state index >= 15 is 0 Å². The van der Waals surface area contributed by atoms with Crippen LogP contribution < -0.4 is 11.1 Å². The third-order valence-electron chi connectivity index (χ3n) is 3.93. The van der Waals surface area contributed by atoms with Crippen molar-refractivity contribution in [1.29, 1.82) is 0 Å². The van der Waals surface area contributed by atoms with Crippen LogP contribution in [0.3, 0.4) is 0 Å². The maximum atomic E-state index is 11.9. The minimum atomic E-state index is -0.140. The van der Waals surface area contributed by atoms with Crippen LogP contribution >= 0.6 is 0 Å². The minimum absolute atomic E-state index is 0.0127. The lowest BCUT2D eigenvalue weighted by Crippen LogP contribution is -2.46. The van der Waals surface area contributed by atoms with Gasteiger partial charge in [-0.15, -0.1) is 0 Å². The second kappa shape index (κ2) is 5.15. The van der Waals surface area contributed by atoms with Crippen molar-refractivity contribution < 1.29 is 9.90 Å². The van der Waals surface area contributed by atoms with Crippen molar-refractivity contribution in [3.8, 4) is 0 Å². The Labute approximate surface area is 96.6 Å². The standard InChI is InChI=1S/C12H22N2O2/c13-11-4-2-1-3-10(11)12(16)14-7-8-5-9(15)6-8/h8-11,15H,1-7,13H2,(H,14,16). The van der Waals surface area contributed by atoms with Crippen LogP contribution in [0.15, 0.2) is 0 Å². The highest BCUT2D eigenvalue weighted by Gasteiger charge is 2.31. The minimum Gasteiger partial charge on any atom is -0.393 e. The van der Waals surface area contributed by atoms with Crippen LogP contribution in [0.4, 0.5) is 0 Å². The van der Waals surface area contributed by atoms with Crippen molar-refractivity contribution in [1.82, 2.24) is 5.32 Å². The van der Waals surface area contributed by atoms with Gasteiger partial charge in [-0.25, -0.2) is 0 Å². The Hall–Kier alpha value is -0.610. The molecule has 0 aliphatic heterocycles. The first-order chi connectivity index (χ1) is 7.66.